The quantitative estimate of drug-likeness (QED) is 0.651. The Morgan fingerprint density at radius 1 is 0.706 bits per heavy atom. The summed E-state index contributed by atoms with van der Waals surface area (Å²) in [4.78, 5) is 23.4. The van der Waals surface area contributed by atoms with Crippen LogP contribution in [-0.4, -0.2) is 12.6 Å². The molecule has 0 aliphatic carbocycles. The molecule has 0 unspecified atom stereocenters. The molecule has 0 amide bonds. The second-order valence-electron chi connectivity index (χ2n) is 3.84. The summed E-state index contributed by atoms with van der Waals surface area (Å²) in [6, 6.07) is 0. The van der Waals surface area contributed by atoms with Gasteiger partial charge in [-0.05, 0) is 25.0 Å². The van der Waals surface area contributed by atoms with Crippen LogP contribution in [0.5, 0.6) is 0 Å². The maximum absolute atomic E-state index is 10.9. The average molecular weight is 280 g/mol. The molecule has 17 heavy (non-hydrogen) atoms. The largest absolute Gasteiger partial charge is 0.297 e. The zero-order chi connectivity index (χ0) is 12.2. The number of carbonyl (C=O) groups excluding carboxylic acids is 2. The van der Waals surface area contributed by atoms with Crippen LogP contribution in [0.3, 0.4) is 0 Å². The van der Waals surface area contributed by atoms with Crippen molar-refractivity contribution in [3.63, 3.8) is 0 Å². The van der Waals surface area contributed by atoms with Gasteiger partial charge in [0.05, 0.1) is 28.6 Å². The van der Waals surface area contributed by atoms with E-state index in [1.165, 1.54) is 32.1 Å². The van der Waals surface area contributed by atoms with E-state index in [4.69, 9.17) is 0 Å². The maximum Gasteiger partial charge on any atom is 0.160 e. The van der Waals surface area contributed by atoms with Gasteiger partial charge in [0.25, 0.3) is 0 Å². The van der Waals surface area contributed by atoms with Gasteiger partial charge in [0, 0.05) is 0 Å². The van der Waals surface area contributed by atoms with Crippen molar-refractivity contribution >= 4 is 65.4 Å². The normalized spacial score (nSPS) is 11.4. The molecule has 0 atom stereocenters. The Balaban J connectivity index is 2.49. The number of aldehydes is 2. The Labute approximate surface area is 109 Å². The Hall–Kier alpha value is -1.04. The molecule has 0 aliphatic rings. The molecule has 3 rings (SSSR count). The van der Waals surface area contributed by atoms with E-state index >= 15 is 0 Å². The molecule has 0 radical (unpaired) electrons. The van der Waals surface area contributed by atoms with Crippen LogP contribution >= 0.6 is 34.0 Å². The van der Waals surface area contributed by atoms with Crippen molar-refractivity contribution in [1.29, 1.82) is 0 Å². The van der Waals surface area contributed by atoms with E-state index in [9.17, 15) is 9.59 Å². The third kappa shape index (κ3) is 1.36. The number of hydrogen-bond acceptors (Lipinski definition) is 5. The van der Waals surface area contributed by atoms with Crippen molar-refractivity contribution in [2.24, 2.45) is 0 Å². The Morgan fingerprint density at radius 2 is 1.12 bits per heavy atom. The van der Waals surface area contributed by atoms with Crippen LogP contribution in [0.2, 0.25) is 0 Å². The van der Waals surface area contributed by atoms with Gasteiger partial charge in [-0.15, -0.1) is 34.0 Å². The molecule has 0 spiro atoms. The van der Waals surface area contributed by atoms with Gasteiger partial charge >= 0.3 is 0 Å². The average Bonchev–Trinajstić information content (AvgIpc) is 2.92. The van der Waals surface area contributed by atoms with Crippen molar-refractivity contribution < 1.29 is 9.59 Å². The van der Waals surface area contributed by atoms with Crippen molar-refractivity contribution in [2.75, 3.05) is 0 Å². The molecule has 0 aliphatic heterocycles. The third-order valence-electron chi connectivity index (χ3n) is 2.88. The van der Waals surface area contributed by atoms with Crippen molar-refractivity contribution in [3.05, 3.63) is 20.9 Å². The summed E-state index contributed by atoms with van der Waals surface area (Å²) in [5.74, 6) is 0. The predicted octanol–water partition coefficient (Wildman–Crippen LogP) is 4.42. The van der Waals surface area contributed by atoms with Crippen LogP contribution in [-0.2, 0) is 0 Å². The molecule has 0 saturated heterocycles. The summed E-state index contributed by atoms with van der Waals surface area (Å²) in [6.45, 7) is 3.97. The summed E-state index contributed by atoms with van der Waals surface area (Å²) in [7, 11) is 0. The molecular weight excluding hydrogens is 272 g/mol. The second kappa shape index (κ2) is 3.73. The first-order valence-electron chi connectivity index (χ1n) is 5.02. The van der Waals surface area contributed by atoms with E-state index in [0.29, 0.717) is 0 Å². The van der Waals surface area contributed by atoms with E-state index in [1.54, 1.807) is 11.3 Å². The highest BCUT2D eigenvalue weighted by Crippen LogP contribution is 2.46. The highest BCUT2D eigenvalue weighted by atomic mass is 32.1. The Morgan fingerprint density at radius 3 is 1.47 bits per heavy atom. The van der Waals surface area contributed by atoms with Gasteiger partial charge in [0.2, 0.25) is 0 Å². The summed E-state index contributed by atoms with van der Waals surface area (Å²) in [5.41, 5.74) is 2.14. The smallest absolute Gasteiger partial charge is 0.160 e. The van der Waals surface area contributed by atoms with Crippen molar-refractivity contribution in [3.8, 4) is 0 Å². The predicted molar refractivity (Wildman–Crippen MR) is 75.3 cm³/mol. The van der Waals surface area contributed by atoms with E-state index in [-0.39, 0.29) is 0 Å². The standard InChI is InChI=1S/C12H8O2S3/c1-5-7(3-13)15-11-9(5)17-10-6(2)8(4-14)16-12(10)11/h3-4H,1-2H3. The number of rotatable bonds is 2. The topological polar surface area (TPSA) is 34.1 Å². The molecule has 3 heterocycles. The first kappa shape index (κ1) is 11.1. The molecule has 0 N–H and O–H groups in total. The van der Waals surface area contributed by atoms with Gasteiger partial charge in [-0.3, -0.25) is 9.59 Å². The summed E-state index contributed by atoms with van der Waals surface area (Å²) in [6.07, 6.45) is 1.83. The maximum atomic E-state index is 10.9. The molecule has 3 aromatic heterocycles. The molecule has 0 fully saturated rings. The van der Waals surface area contributed by atoms with Gasteiger partial charge in [-0.2, -0.15) is 0 Å². The van der Waals surface area contributed by atoms with Crippen LogP contribution in [0, 0.1) is 13.8 Å². The lowest BCUT2D eigenvalue weighted by molar-refractivity contribution is 0.111. The SMILES string of the molecule is Cc1c(C=O)sc2c1sc1c(C)c(C=O)sc12. The van der Waals surface area contributed by atoms with Crippen LogP contribution in [0.15, 0.2) is 0 Å². The van der Waals surface area contributed by atoms with Crippen molar-refractivity contribution in [2.45, 2.75) is 13.8 Å². The first-order valence-corrected chi connectivity index (χ1v) is 7.47. The molecule has 5 heteroatoms. The molecule has 0 aromatic carbocycles. The van der Waals surface area contributed by atoms with Gasteiger partial charge in [0.1, 0.15) is 0 Å². The minimum Gasteiger partial charge on any atom is -0.297 e. The van der Waals surface area contributed by atoms with Gasteiger partial charge in [0.15, 0.2) is 12.6 Å². The molecule has 0 bridgehead atoms. The fraction of sp³-hybridized carbons (Fsp3) is 0.167. The number of thiophene rings is 3. The number of hydrogen-bond donors (Lipinski definition) is 0. The fourth-order valence-corrected chi connectivity index (χ4v) is 5.96. The van der Waals surface area contributed by atoms with E-state index in [2.05, 4.69) is 0 Å². The van der Waals surface area contributed by atoms with Crippen LogP contribution in [0.1, 0.15) is 30.5 Å². The lowest BCUT2D eigenvalue weighted by atomic mass is 10.2. The minimum atomic E-state index is 0.798. The fourth-order valence-electron chi connectivity index (χ4n) is 1.90. The summed E-state index contributed by atoms with van der Waals surface area (Å²) < 4.78 is 4.70. The van der Waals surface area contributed by atoms with E-state index in [0.717, 1.165) is 42.9 Å². The molecule has 0 saturated carbocycles. The minimum absolute atomic E-state index is 0.798. The molecular formula is C12H8O2S3. The zero-order valence-corrected chi connectivity index (χ0v) is 11.6. The second-order valence-corrected chi connectivity index (χ2v) is 6.96. The van der Waals surface area contributed by atoms with Crippen LogP contribution < -0.4 is 0 Å². The molecule has 2 nitrogen and oxygen atoms in total. The number of fused-ring (bicyclic) bond motifs is 3. The van der Waals surface area contributed by atoms with Crippen LogP contribution in [0.25, 0.3) is 18.8 Å². The van der Waals surface area contributed by atoms with Crippen molar-refractivity contribution in [1.82, 2.24) is 0 Å². The molecule has 86 valence electrons. The van der Waals surface area contributed by atoms with E-state index < -0.39 is 0 Å². The van der Waals surface area contributed by atoms with Gasteiger partial charge < -0.3 is 0 Å². The lowest BCUT2D eigenvalue weighted by Crippen LogP contribution is -1.74. The Kier molecular flexibility index (Phi) is 2.43. The lowest BCUT2D eigenvalue weighted by Gasteiger charge is -1.87. The van der Waals surface area contributed by atoms with Gasteiger partial charge in [-0.25, -0.2) is 0 Å². The third-order valence-corrected chi connectivity index (χ3v) is 7.17. The number of carbonyl (C=O) groups is 2. The zero-order valence-electron chi connectivity index (χ0n) is 9.20. The number of aryl methyl sites for hydroxylation is 2. The monoisotopic (exact) mass is 280 g/mol. The van der Waals surface area contributed by atoms with Crippen LogP contribution in [0.4, 0.5) is 0 Å². The summed E-state index contributed by atoms with van der Waals surface area (Å²) in [5, 5.41) is 0. The highest BCUT2D eigenvalue weighted by Gasteiger charge is 2.18. The molecule has 3 aromatic rings. The van der Waals surface area contributed by atoms with Gasteiger partial charge in [-0.1, -0.05) is 0 Å². The summed E-state index contributed by atoms with van der Waals surface area (Å²) >= 11 is 4.75. The van der Waals surface area contributed by atoms with E-state index in [1.807, 2.05) is 13.8 Å². The Bertz CT molecular complexity index is 695. The highest BCUT2D eigenvalue weighted by molar-refractivity contribution is 7.39. The first-order chi connectivity index (χ1) is 8.17.